The van der Waals surface area contributed by atoms with Crippen LogP contribution in [0.2, 0.25) is 0 Å². The lowest BCUT2D eigenvalue weighted by atomic mass is 10.1. The van der Waals surface area contributed by atoms with E-state index >= 15 is 0 Å². The van der Waals surface area contributed by atoms with Crippen LogP contribution >= 0.6 is 0 Å². The van der Waals surface area contributed by atoms with E-state index in [1.54, 1.807) is 6.33 Å². The fourth-order valence-electron chi connectivity index (χ4n) is 3.49. The van der Waals surface area contributed by atoms with Gasteiger partial charge in [-0.15, -0.1) is 0 Å². The van der Waals surface area contributed by atoms with E-state index in [4.69, 9.17) is 0 Å². The van der Waals surface area contributed by atoms with Gasteiger partial charge in [-0.3, -0.25) is 4.90 Å². The van der Waals surface area contributed by atoms with Crippen molar-refractivity contribution in [2.75, 3.05) is 52.2 Å². The van der Waals surface area contributed by atoms with Gasteiger partial charge >= 0.3 is 0 Å². The molecule has 3 heterocycles. The summed E-state index contributed by atoms with van der Waals surface area (Å²) in [5, 5.41) is 1.05. The Labute approximate surface area is 154 Å². The van der Waals surface area contributed by atoms with Gasteiger partial charge in [-0.2, -0.15) is 0 Å². The van der Waals surface area contributed by atoms with Crippen molar-refractivity contribution in [3.8, 4) is 11.3 Å². The molecule has 1 aliphatic rings. The second-order valence-corrected chi connectivity index (χ2v) is 7.31. The van der Waals surface area contributed by atoms with E-state index < -0.39 is 0 Å². The topological polar surface area (TPSA) is 51.3 Å². The lowest BCUT2D eigenvalue weighted by Gasteiger charge is -2.32. The Morgan fingerprint density at radius 2 is 1.77 bits per heavy atom. The molecule has 0 amide bonds. The maximum absolute atomic E-state index is 4.38. The number of nitrogens with zero attached hydrogens (tertiary/aromatic N) is 5. The van der Waals surface area contributed by atoms with Crippen molar-refractivity contribution in [2.45, 2.75) is 6.54 Å². The Hall–Kier alpha value is -2.44. The molecule has 1 saturated heterocycles. The van der Waals surface area contributed by atoms with Gasteiger partial charge in [0, 0.05) is 52.5 Å². The first-order chi connectivity index (χ1) is 12.6. The summed E-state index contributed by atoms with van der Waals surface area (Å²) in [5.74, 6) is 0.934. The Bertz CT molecular complexity index is 875. The molecular weight excluding hydrogens is 324 g/mol. The van der Waals surface area contributed by atoms with Gasteiger partial charge in [-0.1, -0.05) is 24.3 Å². The van der Waals surface area contributed by atoms with Gasteiger partial charge in [0.05, 0.1) is 5.39 Å². The fourth-order valence-corrected chi connectivity index (χ4v) is 3.49. The van der Waals surface area contributed by atoms with Gasteiger partial charge < -0.3 is 14.8 Å². The largest absolute Gasteiger partial charge is 0.362 e. The number of rotatable bonds is 4. The third-order valence-corrected chi connectivity index (χ3v) is 5.10. The van der Waals surface area contributed by atoms with Gasteiger partial charge in [0.2, 0.25) is 0 Å². The monoisotopic (exact) mass is 350 g/mol. The summed E-state index contributed by atoms with van der Waals surface area (Å²) in [6.07, 6.45) is 1.61. The number of anilines is 1. The highest BCUT2D eigenvalue weighted by atomic mass is 15.2. The van der Waals surface area contributed by atoms with Crippen LogP contribution < -0.4 is 4.90 Å². The fraction of sp³-hybridized carbons (Fsp3) is 0.400. The third-order valence-electron chi connectivity index (χ3n) is 5.10. The van der Waals surface area contributed by atoms with E-state index in [-0.39, 0.29) is 0 Å². The maximum atomic E-state index is 4.38. The highest BCUT2D eigenvalue weighted by molar-refractivity contribution is 5.91. The van der Waals surface area contributed by atoms with Crippen LogP contribution in [0.5, 0.6) is 0 Å². The molecular formula is C20H26N6. The molecule has 26 heavy (non-hydrogen) atoms. The van der Waals surface area contributed by atoms with Crippen molar-refractivity contribution in [3.63, 3.8) is 0 Å². The SMILES string of the molecule is CN1CCN(Cc2ccc(-c3cc4c(N(C)C)ncnc4[nH]3)cc2)CC1. The molecule has 0 atom stereocenters. The van der Waals surface area contributed by atoms with Crippen LogP contribution in [0.1, 0.15) is 5.56 Å². The smallest absolute Gasteiger partial charge is 0.143 e. The molecule has 1 fully saturated rings. The molecule has 2 aromatic heterocycles. The predicted molar refractivity (Wildman–Crippen MR) is 106 cm³/mol. The number of aromatic nitrogens is 3. The second kappa shape index (κ2) is 7.05. The highest BCUT2D eigenvalue weighted by Gasteiger charge is 2.14. The highest BCUT2D eigenvalue weighted by Crippen LogP contribution is 2.28. The van der Waals surface area contributed by atoms with Crippen molar-refractivity contribution >= 4 is 16.9 Å². The standard InChI is InChI=1S/C20H26N6/c1-24(2)20-17-12-18(23-19(17)21-14-22-20)16-6-4-15(5-7-16)13-26-10-8-25(3)9-11-26/h4-7,12,14H,8-11,13H2,1-3H3,(H,21,22,23). The molecule has 1 N–H and O–H groups in total. The summed E-state index contributed by atoms with van der Waals surface area (Å²) >= 11 is 0. The second-order valence-electron chi connectivity index (χ2n) is 7.31. The number of piperazine rings is 1. The number of hydrogen-bond acceptors (Lipinski definition) is 5. The number of fused-ring (bicyclic) bond motifs is 1. The van der Waals surface area contributed by atoms with Gasteiger partial charge in [-0.25, -0.2) is 9.97 Å². The zero-order valence-corrected chi connectivity index (χ0v) is 15.7. The van der Waals surface area contributed by atoms with Gasteiger partial charge in [-0.05, 0) is 24.2 Å². The molecule has 3 aromatic rings. The molecule has 6 nitrogen and oxygen atoms in total. The number of H-pyrrole nitrogens is 1. The average molecular weight is 350 g/mol. The van der Waals surface area contributed by atoms with E-state index in [0.29, 0.717) is 0 Å². The van der Waals surface area contributed by atoms with Crippen molar-refractivity contribution < 1.29 is 0 Å². The van der Waals surface area contributed by atoms with Crippen molar-refractivity contribution in [1.29, 1.82) is 0 Å². The normalized spacial score (nSPS) is 16.3. The minimum atomic E-state index is 0.875. The number of aromatic amines is 1. The first-order valence-corrected chi connectivity index (χ1v) is 9.11. The Morgan fingerprint density at radius 1 is 1.04 bits per heavy atom. The lowest BCUT2D eigenvalue weighted by Crippen LogP contribution is -2.43. The summed E-state index contributed by atoms with van der Waals surface area (Å²) in [4.78, 5) is 19.1. The Balaban J connectivity index is 1.53. The first kappa shape index (κ1) is 17.0. The molecule has 6 heteroatoms. The number of likely N-dealkylation sites (N-methyl/N-ethyl adjacent to an activating group) is 1. The van der Waals surface area contributed by atoms with E-state index in [1.807, 2.05) is 19.0 Å². The molecule has 1 aromatic carbocycles. The summed E-state index contributed by atoms with van der Waals surface area (Å²) in [6, 6.07) is 11.0. The average Bonchev–Trinajstić information content (AvgIpc) is 3.08. The van der Waals surface area contributed by atoms with Crippen LogP contribution in [0, 0.1) is 0 Å². The molecule has 1 aliphatic heterocycles. The van der Waals surface area contributed by atoms with Crippen LogP contribution in [-0.2, 0) is 6.54 Å². The molecule has 0 saturated carbocycles. The number of nitrogens with one attached hydrogen (secondary N) is 1. The molecule has 0 bridgehead atoms. The van der Waals surface area contributed by atoms with E-state index in [9.17, 15) is 0 Å². The molecule has 4 rings (SSSR count). The number of benzene rings is 1. The quantitative estimate of drug-likeness (QED) is 0.783. The zero-order valence-electron chi connectivity index (χ0n) is 15.7. The molecule has 0 spiro atoms. The van der Waals surface area contributed by atoms with E-state index in [0.717, 1.165) is 55.3 Å². The summed E-state index contributed by atoms with van der Waals surface area (Å²) in [7, 11) is 6.20. The van der Waals surface area contributed by atoms with Crippen LogP contribution in [0.15, 0.2) is 36.7 Å². The van der Waals surface area contributed by atoms with E-state index in [2.05, 4.69) is 62.1 Å². The van der Waals surface area contributed by atoms with Gasteiger partial charge in [0.25, 0.3) is 0 Å². The summed E-state index contributed by atoms with van der Waals surface area (Å²) in [5.41, 5.74) is 4.49. The Kier molecular flexibility index (Phi) is 4.61. The predicted octanol–water partition coefficient (Wildman–Crippen LogP) is 2.44. The van der Waals surface area contributed by atoms with Crippen molar-refractivity contribution in [2.24, 2.45) is 0 Å². The molecule has 0 aliphatic carbocycles. The minimum absolute atomic E-state index is 0.875. The number of hydrogen-bond donors (Lipinski definition) is 1. The molecule has 136 valence electrons. The van der Waals surface area contributed by atoms with Crippen LogP contribution in [0.25, 0.3) is 22.3 Å². The van der Waals surface area contributed by atoms with E-state index in [1.165, 1.54) is 11.1 Å². The van der Waals surface area contributed by atoms with Crippen molar-refractivity contribution in [3.05, 3.63) is 42.2 Å². The maximum Gasteiger partial charge on any atom is 0.143 e. The van der Waals surface area contributed by atoms with Crippen LogP contribution in [0.4, 0.5) is 5.82 Å². The van der Waals surface area contributed by atoms with Crippen molar-refractivity contribution in [1.82, 2.24) is 24.8 Å². The third kappa shape index (κ3) is 3.43. The Morgan fingerprint density at radius 3 is 2.46 bits per heavy atom. The lowest BCUT2D eigenvalue weighted by molar-refractivity contribution is 0.148. The minimum Gasteiger partial charge on any atom is -0.362 e. The molecule has 0 radical (unpaired) electrons. The summed E-state index contributed by atoms with van der Waals surface area (Å²) < 4.78 is 0. The van der Waals surface area contributed by atoms with Crippen LogP contribution in [-0.4, -0.2) is 72.1 Å². The molecule has 0 unspecified atom stereocenters. The van der Waals surface area contributed by atoms with Gasteiger partial charge in [0.15, 0.2) is 0 Å². The van der Waals surface area contributed by atoms with Gasteiger partial charge in [0.1, 0.15) is 17.8 Å². The zero-order chi connectivity index (χ0) is 18.1. The first-order valence-electron chi connectivity index (χ1n) is 9.11. The summed E-state index contributed by atoms with van der Waals surface area (Å²) in [6.45, 7) is 5.63. The van der Waals surface area contributed by atoms with Crippen LogP contribution in [0.3, 0.4) is 0 Å².